The molecule has 2 unspecified atom stereocenters. The highest BCUT2D eigenvalue weighted by molar-refractivity contribution is 5.90. The van der Waals surface area contributed by atoms with E-state index in [1.165, 1.54) is 16.6 Å². The van der Waals surface area contributed by atoms with Crippen LogP contribution in [0.3, 0.4) is 0 Å². The molecule has 132 valence electrons. The average molecular weight is 339 g/mol. The third-order valence-corrected chi connectivity index (χ3v) is 5.73. The maximum Gasteiger partial charge on any atom is 0.243 e. The first kappa shape index (κ1) is 16.2. The van der Waals surface area contributed by atoms with Crippen molar-refractivity contribution in [3.8, 4) is 0 Å². The number of carbonyl (C=O) groups excluding carboxylic acids is 2. The topological polar surface area (TPSA) is 74.0 Å². The molecule has 2 aliphatic rings. The molecule has 5 nitrogen and oxygen atoms in total. The lowest BCUT2D eigenvalue weighted by atomic mass is 9.84. The van der Waals surface area contributed by atoms with Crippen LogP contribution in [0.5, 0.6) is 0 Å². The minimum atomic E-state index is -0.439. The van der Waals surface area contributed by atoms with Crippen molar-refractivity contribution in [1.29, 1.82) is 0 Å². The standard InChI is InChI=1S/C20H25N3O2/c1-20(2)11-21-19(25)18(20)23-16(24)10-12-6-5-8-14-13-7-3-4-9-15(13)22-17(12)14/h3-4,7,9,12,18,22H,5-6,8,10-11H2,1-2H3,(H,21,25)(H,23,24). The summed E-state index contributed by atoms with van der Waals surface area (Å²) in [7, 11) is 0. The average Bonchev–Trinajstić information content (AvgIpc) is 3.08. The summed E-state index contributed by atoms with van der Waals surface area (Å²) in [4.78, 5) is 28.2. The van der Waals surface area contributed by atoms with E-state index in [4.69, 9.17) is 0 Å². The number of aromatic nitrogens is 1. The van der Waals surface area contributed by atoms with Crippen molar-refractivity contribution < 1.29 is 9.59 Å². The third kappa shape index (κ3) is 2.81. The number of rotatable bonds is 3. The molecular weight excluding hydrogens is 314 g/mol. The van der Waals surface area contributed by atoms with E-state index in [-0.39, 0.29) is 23.1 Å². The molecule has 4 rings (SSSR count). The second-order valence-electron chi connectivity index (χ2n) is 8.06. The Morgan fingerprint density at radius 3 is 2.88 bits per heavy atom. The summed E-state index contributed by atoms with van der Waals surface area (Å²) in [6.07, 6.45) is 3.60. The van der Waals surface area contributed by atoms with Gasteiger partial charge >= 0.3 is 0 Å². The van der Waals surface area contributed by atoms with Crippen LogP contribution in [0, 0.1) is 5.41 Å². The third-order valence-electron chi connectivity index (χ3n) is 5.73. The molecular formula is C20H25N3O2. The van der Waals surface area contributed by atoms with E-state index >= 15 is 0 Å². The molecule has 5 heteroatoms. The van der Waals surface area contributed by atoms with E-state index in [1.807, 2.05) is 19.9 Å². The van der Waals surface area contributed by atoms with Crippen molar-refractivity contribution >= 4 is 22.7 Å². The van der Waals surface area contributed by atoms with Gasteiger partial charge in [0.2, 0.25) is 11.8 Å². The lowest BCUT2D eigenvalue weighted by Crippen LogP contribution is -2.47. The lowest BCUT2D eigenvalue weighted by Gasteiger charge is -2.26. The highest BCUT2D eigenvalue weighted by Crippen LogP contribution is 2.37. The maximum atomic E-state index is 12.6. The monoisotopic (exact) mass is 339 g/mol. The van der Waals surface area contributed by atoms with Crippen molar-refractivity contribution in [2.24, 2.45) is 5.41 Å². The number of carbonyl (C=O) groups is 2. The summed E-state index contributed by atoms with van der Waals surface area (Å²) in [5.74, 6) is 0.0867. The minimum absolute atomic E-state index is 0.0355. The van der Waals surface area contributed by atoms with Crippen LogP contribution in [0.2, 0.25) is 0 Å². The van der Waals surface area contributed by atoms with Crippen LogP contribution in [-0.2, 0) is 16.0 Å². The molecule has 0 spiro atoms. The van der Waals surface area contributed by atoms with Crippen LogP contribution in [0.4, 0.5) is 0 Å². The number of benzene rings is 1. The van der Waals surface area contributed by atoms with E-state index < -0.39 is 6.04 Å². The number of hydrogen-bond acceptors (Lipinski definition) is 2. The smallest absolute Gasteiger partial charge is 0.243 e. The van der Waals surface area contributed by atoms with Crippen LogP contribution < -0.4 is 10.6 Å². The number of nitrogens with one attached hydrogen (secondary N) is 3. The molecule has 3 N–H and O–H groups in total. The van der Waals surface area contributed by atoms with Crippen molar-refractivity contribution in [1.82, 2.24) is 15.6 Å². The Morgan fingerprint density at radius 1 is 1.32 bits per heavy atom. The van der Waals surface area contributed by atoms with Crippen LogP contribution in [-0.4, -0.2) is 29.4 Å². The molecule has 2 aromatic rings. The molecule has 1 aliphatic heterocycles. The van der Waals surface area contributed by atoms with Gasteiger partial charge in [-0.05, 0) is 30.9 Å². The van der Waals surface area contributed by atoms with E-state index in [0.29, 0.717) is 13.0 Å². The van der Waals surface area contributed by atoms with E-state index in [9.17, 15) is 9.59 Å². The molecule has 0 saturated carbocycles. The molecule has 2 atom stereocenters. The molecule has 1 fully saturated rings. The quantitative estimate of drug-likeness (QED) is 0.804. The summed E-state index contributed by atoms with van der Waals surface area (Å²) >= 11 is 0. The maximum absolute atomic E-state index is 12.6. The first-order valence-electron chi connectivity index (χ1n) is 9.12. The molecule has 1 saturated heterocycles. The molecule has 2 heterocycles. The van der Waals surface area contributed by atoms with Crippen LogP contribution in [0.15, 0.2) is 24.3 Å². The number of fused-ring (bicyclic) bond motifs is 3. The van der Waals surface area contributed by atoms with Gasteiger partial charge in [-0.3, -0.25) is 9.59 Å². The highest BCUT2D eigenvalue weighted by Gasteiger charge is 2.42. The molecule has 25 heavy (non-hydrogen) atoms. The van der Waals surface area contributed by atoms with Gasteiger partial charge < -0.3 is 15.6 Å². The van der Waals surface area contributed by atoms with Crippen molar-refractivity contribution in [3.63, 3.8) is 0 Å². The fourth-order valence-corrected chi connectivity index (χ4v) is 4.29. The van der Waals surface area contributed by atoms with Crippen LogP contribution in [0.1, 0.15) is 50.3 Å². The molecule has 1 aromatic heterocycles. The lowest BCUT2D eigenvalue weighted by molar-refractivity contribution is -0.128. The zero-order chi connectivity index (χ0) is 17.6. The Kier molecular flexibility index (Phi) is 3.82. The van der Waals surface area contributed by atoms with Gasteiger partial charge in [0, 0.05) is 40.9 Å². The van der Waals surface area contributed by atoms with E-state index in [1.54, 1.807) is 0 Å². The summed E-state index contributed by atoms with van der Waals surface area (Å²) in [5.41, 5.74) is 3.47. The Morgan fingerprint density at radius 2 is 2.12 bits per heavy atom. The van der Waals surface area contributed by atoms with Gasteiger partial charge in [-0.15, -0.1) is 0 Å². The number of aryl methyl sites for hydroxylation is 1. The second-order valence-corrected chi connectivity index (χ2v) is 8.06. The fraction of sp³-hybridized carbons (Fsp3) is 0.500. The van der Waals surface area contributed by atoms with E-state index in [2.05, 4.69) is 33.8 Å². The molecule has 0 bridgehead atoms. The fourth-order valence-electron chi connectivity index (χ4n) is 4.29. The first-order chi connectivity index (χ1) is 12.0. The van der Waals surface area contributed by atoms with Crippen molar-refractivity contribution in [2.45, 2.75) is 51.5 Å². The first-order valence-corrected chi connectivity index (χ1v) is 9.12. The Bertz CT molecular complexity index is 837. The number of aromatic amines is 1. The summed E-state index contributed by atoms with van der Waals surface area (Å²) in [5, 5.41) is 7.09. The molecule has 1 aromatic carbocycles. The van der Waals surface area contributed by atoms with E-state index in [0.717, 1.165) is 24.8 Å². The second kappa shape index (κ2) is 5.90. The Balaban J connectivity index is 1.52. The largest absolute Gasteiger partial charge is 0.358 e. The van der Waals surface area contributed by atoms with Gasteiger partial charge in [-0.2, -0.15) is 0 Å². The summed E-state index contributed by atoms with van der Waals surface area (Å²) < 4.78 is 0. The van der Waals surface area contributed by atoms with Gasteiger partial charge in [0.15, 0.2) is 0 Å². The van der Waals surface area contributed by atoms with Crippen molar-refractivity contribution in [3.05, 3.63) is 35.5 Å². The zero-order valence-corrected chi connectivity index (χ0v) is 14.8. The SMILES string of the molecule is CC1(C)CNC(=O)C1NC(=O)CC1CCCc2c1[nH]c1ccccc21. The molecule has 0 radical (unpaired) electrons. The van der Waals surface area contributed by atoms with Gasteiger partial charge in [0.05, 0.1) is 0 Å². The predicted octanol–water partition coefficient (Wildman–Crippen LogP) is 2.62. The Hall–Kier alpha value is -2.30. The minimum Gasteiger partial charge on any atom is -0.358 e. The number of H-pyrrole nitrogens is 1. The highest BCUT2D eigenvalue weighted by atomic mass is 16.2. The number of amides is 2. The van der Waals surface area contributed by atoms with Gasteiger partial charge in [0.25, 0.3) is 0 Å². The van der Waals surface area contributed by atoms with Crippen LogP contribution >= 0.6 is 0 Å². The van der Waals surface area contributed by atoms with Crippen LogP contribution in [0.25, 0.3) is 10.9 Å². The predicted molar refractivity (Wildman–Crippen MR) is 97.3 cm³/mol. The zero-order valence-electron chi connectivity index (χ0n) is 14.8. The number of para-hydroxylation sites is 1. The summed E-state index contributed by atoms with van der Waals surface area (Å²) in [6, 6.07) is 7.90. The van der Waals surface area contributed by atoms with Crippen molar-refractivity contribution in [2.75, 3.05) is 6.54 Å². The normalized spacial score (nSPS) is 24.8. The number of hydrogen-bond donors (Lipinski definition) is 3. The molecule has 2 amide bonds. The van der Waals surface area contributed by atoms with Gasteiger partial charge in [-0.25, -0.2) is 0 Å². The Labute approximate surface area is 147 Å². The molecule has 1 aliphatic carbocycles. The van der Waals surface area contributed by atoms with Gasteiger partial charge in [-0.1, -0.05) is 32.0 Å². The van der Waals surface area contributed by atoms with Gasteiger partial charge in [0.1, 0.15) is 6.04 Å². The summed E-state index contributed by atoms with van der Waals surface area (Å²) in [6.45, 7) is 4.62.